The van der Waals surface area contributed by atoms with Gasteiger partial charge in [-0.05, 0) is 49.2 Å². The Bertz CT molecular complexity index is 1210. The smallest absolute Gasteiger partial charge is 0.272 e. The highest BCUT2D eigenvalue weighted by Gasteiger charge is 2.17. The van der Waals surface area contributed by atoms with E-state index < -0.39 is 0 Å². The molecule has 0 radical (unpaired) electrons. The molecule has 0 fully saturated rings. The van der Waals surface area contributed by atoms with Crippen LogP contribution in [0.3, 0.4) is 0 Å². The van der Waals surface area contributed by atoms with Crippen molar-refractivity contribution in [1.82, 2.24) is 19.4 Å². The van der Waals surface area contributed by atoms with Gasteiger partial charge in [-0.25, -0.2) is 4.98 Å². The Morgan fingerprint density at radius 2 is 1.73 bits per heavy atom. The standard InChI is InChI=1S/C26H28N4O3/c1-29(26(31)21-12-7-8-16-27-21)19-25-28-20-11-3-4-13-22(20)30(25)17-9-10-18-33-24-15-6-5-14-23(24)32-2/h3-8,11-16H,9-10,17-19H2,1-2H3. The number of benzene rings is 2. The van der Waals surface area contributed by atoms with Crippen molar-refractivity contribution in [2.45, 2.75) is 25.9 Å². The molecule has 0 aliphatic carbocycles. The van der Waals surface area contributed by atoms with Gasteiger partial charge in [0.15, 0.2) is 11.5 Å². The van der Waals surface area contributed by atoms with Crippen LogP contribution in [-0.2, 0) is 13.1 Å². The lowest BCUT2D eigenvalue weighted by atomic mass is 10.3. The molecule has 0 spiro atoms. The van der Waals surface area contributed by atoms with Crippen LogP contribution in [0.15, 0.2) is 72.9 Å². The van der Waals surface area contributed by atoms with Crippen molar-refractivity contribution in [3.8, 4) is 11.5 Å². The highest BCUT2D eigenvalue weighted by molar-refractivity contribution is 5.92. The van der Waals surface area contributed by atoms with Gasteiger partial charge in [-0.1, -0.05) is 30.3 Å². The Morgan fingerprint density at radius 3 is 2.52 bits per heavy atom. The number of methoxy groups -OCH3 is 1. The maximum Gasteiger partial charge on any atom is 0.272 e. The predicted molar refractivity (Wildman–Crippen MR) is 127 cm³/mol. The largest absolute Gasteiger partial charge is 0.493 e. The summed E-state index contributed by atoms with van der Waals surface area (Å²) in [6, 6.07) is 21.1. The lowest BCUT2D eigenvalue weighted by molar-refractivity contribution is 0.0774. The number of unbranched alkanes of at least 4 members (excludes halogenated alkanes) is 1. The average Bonchev–Trinajstić information content (AvgIpc) is 3.21. The van der Waals surface area contributed by atoms with Gasteiger partial charge < -0.3 is 18.9 Å². The van der Waals surface area contributed by atoms with Gasteiger partial charge in [0.05, 0.1) is 31.3 Å². The second kappa shape index (κ2) is 10.6. The fourth-order valence-corrected chi connectivity index (χ4v) is 3.76. The van der Waals surface area contributed by atoms with Gasteiger partial charge >= 0.3 is 0 Å². The van der Waals surface area contributed by atoms with Crippen molar-refractivity contribution in [2.24, 2.45) is 0 Å². The van der Waals surface area contributed by atoms with Crippen molar-refractivity contribution in [1.29, 1.82) is 0 Å². The number of rotatable bonds is 10. The molecular weight excluding hydrogens is 416 g/mol. The molecule has 7 nitrogen and oxygen atoms in total. The molecule has 0 aliphatic heterocycles. The number of aromatic nitrogens is 3. The number of hydrogen-bond donors (Lipinski definition) is 0. The first-order chi connectivity index (χ1) is 16.2. The number of pyridine rings is 1. The highest BCUT2D eigenvalue weighted by atomic mass is 16.5. The van der Waals surface area contributed by atoms with Crippen LogP contribution in [-0.4, -0.2) is 46.1 Å². The molecule has 0 atom stereocenters. The van der Waals surface area contributed by atoms with Gasteiger partial charge in [-0.3, -0.25) is 9.78 Å². The monoisotopic (exact) mass is 444 g/mol. The Morgan fingerprint density at radius 1 is 0.970 bits per heavy atom. The quantitative estimate of drug-likeness (QED) is 0.335. The molecule has 0 N–H and O–H groups in total. The third kappa shape index (κ3) is 5.31. The molecule has 0 bridgehead atoms. The SMILES string of the molecule is COc1ccccc1OCCCCn1c(CN(C)C(=O)c2ccccn2)nc2ccccc21. The Hall–Kier alpha value is -3.87. The van der Waals surface area contributed by atoms with Crippen LogP contribution in [0.5, 0.6) is 11.5 Å². The molecule has 1 amide bonds. The minimum Gasteiger partial charge on any atom is -0.493 e. The lowest BCUT2D eigenvalue weighted by Crippen LogP contribution is -2.28. The van der Waals surface area contributed by atoms with E-state index in [1.807, 2.05) is 48.5 Å². The van der Waals surface area contributed by atoms with E-state index in [2.05, 4.69) is 15.6 Å². The van der Waals surface area contributed by atoms with Gasteiger partial charge in [0, 0.05) is 19.8 Å². The Kier molecular flexibility index (Phi) is 7.19. The summed E-state index contributed by atoms with van der Waals surface area (Å²) in [6.07, 6.45) is 3.43. The number of carbonyl (C=O) groups is 1. The summed E-state index contributed by atoms with van der Waals surface area (Å²) in [7, 11) is 3.42. The summed E-state index contributed by atoms with van der Waals surface area (Å²) < 4.78 is 13.4. The predicted octanol–water partition coefficient (Wildman–Crippen LogP) is 4.57. The molecule has 33 heavy (non-hydrogen) atoms. The topological polar surface area (TPSA) is 69.5 Å². The van der Waals surface area contributed by atoms with Crippen molar-refractivity contribution in [3.63, 3.8) is 0 Å². The summed E-state index contributed by atoms with van der Waals surface area (Å²) in [4.78, 5) is 23.4. The third-order valence-corrected chi connectivity index (χ3v) is 5.45. The number of aryl methyl sites for hydroxylation is 1. The zero-order valence-electron chi connectivity index (χ0n) is 19.0. The number of ether oxygens (including phenoxy) is 2. The van der Waals surface area contributed by atoms with Crippen molar-refractivity contribution >= 4 is 16.9 Å². The summed E-state index contributed by atoms with van der Waals surface area (Å²) in [5.74, 6) is 2.22. The molecule has 0 saturated carbocycles. The molecule has 4 rings (SSSR count). The van der Waals surface area contributed by atoms with E-state index in [0.29, 0.717) is 18.8 Å². The molecule has 0 aliphatic rings. The van der Waals surface area contributed by atoms with Gasteiger partial charge in [-0.2, -0.15) is 0 Å². The van der Waals surface area contributed by atoms with Crippen LogP contribution in [0.25, 0.3) is 11.0 Å². The second-order valence-corrected chi connectivity index (χ2v) is 7.75. The fraction of sp³-hybridized carbons (Fsp3) is 0.269. The van der Waals surface area contributed by atoms with E-state index >= 15 is 0 Å². The Balaban J connectivity index is 1.41. The number of amides is 1. The second-order valence-electron chi connectivity index (χ2n) is 7.75. The van der Waals surface area contributed by atoms with Crippen molar-refractivity contribution in [2.75, 3.05) is 20.8 Å². The lowest BCUT2D eigenvalue weighted by Gasteiger charge is -2.18. The molecule has 2 aromatic carbocycles. The van der Waals surface area contributed by atoms with Crippen molar-refractivity contribution in [3.05, 3.63) is 84.4 Å². The average molecular weight is 445 g/mol. The highest BCUT2D eigenvalue weighted by Crippen LogP contribution is 2.26. The summed E-state index contributed by atoms with van der Waals surface area (Å²) in [5.41, 5.74) is 2.42. The zero-order valence-corrected chi connectivity index (χ0v) is 19.0. The van der Waals surface area contributed by atoms with Gasteiger partial charge in [0.1, 0.15) is 11.5 Å². The molecule has 0 saturated heterocycles. The normalized spacial score (nSPS) is 10.8. The van der Waals surface area contributed by atoms with E-state index in [1.54, 1.807) is 37.4 Å². The van der Waals surface area contributed by atoms with E-state index in [1.165, 1.54) is 0 Å². The van der Waals surface area contributed by atoms with E-state index in [4.69, 9.17) is 14.5 Å². The van der Waals surface area contributed by atoms with Crippen LogP contribution >= 0.6 is 0 Å². The first-order valence-electron chi connectivity index (χ1n) is 11.0. The number of nitrogens with zero attached hydrogens (tertiary/aromatic N) is 4. The van der Waals surface area contributed by atoms with E-state index in [-0.39, 0.29) is 5.91 Å². The van der Waals surface area contributed by atoms with Crippen molar-refractivity contribution < 1.29 is 14.3 Å². The zero-order chi connectivity index (χ0) is 23.0. The summed E-state index contributed by atoms with van der Waals surface area (Å²) in [5, 5.41) is 0. The number of fused-ring (bicyclic) bond motifs is 1. The minimum absolute atomic E-state index is 0.126. The van der Waals surface area contributed by atoms with Crippen LogP contribution in [0, 0.1) is 0 Å². The molecule has 2 aromatic heterocycles. The molecule has 7 heteroatoms. The minimum atomic E-state index is -0.126. The van der Waals surface area contributed by atoms with Gasteiger partial charge in [0.2, 0.25) is 0 Å². The first kappa shape index (κ1) is 22.3. The molecular formula is C26H28N4O3. The maximum absolute atomic E-state index is 12.8. The third-order valence-electron chi connectivity index (χ3n) is 5.45. The first-order valence-corrected chi connectivity index (χ1v) is 11.0. The number of hydrogen-bond acceptors (Lipinski definition) is 5. The number of carbonyl (C=O) groups excluding carboxylic acids is 1. The molecule has 0 unspecified atom stereocenters. The summed E-state index contributed by atoms with van der Waals surface area (Å²) in [6.45, 7) is 1.79. The number of para-hydroxylation sites is 4. The van der Waals surface area contributed by atoms with Crippen LogP contribution in [0.2, 0.25) is 0 Å². The molecule has 4 aromatic rings. The van der Waals surface area contributed by atoms with Crippen LogP contribution < -0.4 is 9.47 Å². The maximum atomic E-state index is 12.8. The molecule has 2 heterocycles. The van der Waals surface area contributed by atoms with Crippen LogP contribution in [0.1, 0.15) is 29.2 Å². The summed E-state index contributed by atoms with van der Waals surface area (Å²) >= 11 is 0. The fourth-order valence-electron chi connectivity index (χ4n) is 3.76. The van der Waals surface area contributed by atoms with Gasteiger partial charge in [-0.15, -0.1) is 0 Å². The van der Waals surface area contributed by atoms with Crippen LogP contribution in [0.4, 0.5) is 0 Å². The van der Waals surface area contributed by atoms with E-state index in [0.717, 1.165) is 47.7 Å². The Labute approximate surface area is 193 Å². The number of imidazole rings is 1. The van der Waals surface area contributed by atoms with E-state index in [9.17, 15) is 4.79 Å². The molecule has 170 valence electrons. The van der Waals surface area contributed by atoms with Gasteiger partial charge in [0.25, 0.3) is 5.91 Å².